The first-order valence-corrected chi connectivity index (χ1v) is 7.59. The molecule has 0 spiro atoms. The van der Waals surface area contributed by atoms with Crippen LogP contribution in [0, 0.1) is 5.41 Å². The van der Waals surface area contributed by atoms with Crippen LogP contribution in [-0.4, -0.2) is 12.1 Å². The van der Waals surface area contributed by atoms with Crippen molar-refractivity contribution in [3.05, 3.63) is 29.8 Å². The van der Waals surface area contributed by atoms with Gasteiger partial charge in [-0.1, -0.05) is 38.5 Å². The Balaban J connectivity index is 2.05. The lowest BCUT2D eigenvalue weighted by Crippen LogP contribution is -2.53. The van der Waals surface area contributed by atoms with Gasteiger partial charge in [-0.15, -0.1) is 0 Å². The maximum Gasteiger partial charge on any atom is 0.123 e. The molecule has 2 unspecified atom stereocenters. The number of nitrogens with two attached hydrogens (primary N) is 1. The van der Waals surface area contributed by atoms with E-state index in [1.165, 1.54) is 31.2 Å². The van der Waals surface area contributed by atoms with Crippen molar-refractivity contribution in [1.29, 1.82) is 0 Å². The summed E-state index contributed by atoms with van der Waals surface area (Å²) in [5.74, 6) is 1.67. The number of fused-ring (bicyclic) bond motifs is 3. The molecular formula is C17H25NO. The van der Waals surface area contributed by atoms with Crippen molar-refractivity contribution in [1.82, 2.24) is 0 Å². The lowest BCUT2D eigenvalue weighted by Gasteiger charge is -2.49. The fraction of sp³-hybridized carbons (Fsp3) is 0.647. The van der Waals surface area contributed by atoms with Crippen LogP contribution in [0.25, 0.3) is 0 Å². The molecule has 1 saturated carbocycles. The maximum absolute atomic E-state index is 6.56. The molecule has 1 heterocycles. The molecule has 2 nitrogen and oxygen atoms in total. The summed E-state index contributed by atoms with van der Waals surface area (Å²) in [6.45, 7) is 5.41. The SMILES string of the molecule is CC(C)(CCN)C12CCCCC1c1ccccc1O2. The summed E-state index contributed by atoms with van der Waals surface area (Å²) < 4.78 is 6.56. The molecule has 19 heavy (non-hydrogen) atoms. The van der Waals surface area contributed by atoms with E-state index in [1.54, 1.807) is 0 Å². The molecule has 1 aromatic carbocycles. The standard InChI is InChI=1S/C17H25NO/c1-16(2,11-12-18)17-10-6-5-8-14(17)13-7-3-4-9-15(13)19-17/h3-4,7,9,14H,5-6,8,10-12,18H2,1-2H3. The molecule has 2 N–H and O–H groups in total. The van der Waals surface area contributed by atoms with Gasteiger partial charge < -0.3 is 10.5 Å². The van der Waals surface area contributed by atoms with Crippen molar-refractivity contribution in [2.75, 3.05) is 6.54 Å². The fourth-order valence-corrected chi connectivity index (χ4v) is 4.25. The summed E-state index contributed by atoms with van der Waals surface area (Å²) in [5.41, 5.74) is 7.37. The zero-order chi connectivity index (χ0) is 13.5. The molecule has 104 valence electrons. The Morgan fingerprint density at radius 2 is 2.11 bits per heavy atom. The molecule has 1 aromatic rings. The second kappa shape index (κ2) is 4.52. The Bertz CT molecular complexity index is 468. The van der Waals surface area contributed by atoms with Gasteiger partial charge in [-0.3, -0.25) is 0 Å². The second-order valence-corrected chi connectivity index (χ2v) is 6.75. The third-order valence-electron chi connectivity index (χ3n) is 5.36. The highest BCUT2D eigenvalue weighted by Crippen LogP contribution is 2.59. The van der Waals surface area contributed by atoms with Gasteiger partial charge in [0.1, 0.15) is 11.4 Å². The Hall–Kier alpha value is -1.02. The highest BCUT2D eigenvalue weighted by molar-refractivity contribution is 5.44. The highest BCUT2D eigenvalue weighted by Gasteiger charge is 2.57. The normalized spacial score (nSPS) is 29.5. The molecule has 2 heteroatoms. The van der Waals surface area contributed by atoms with Crippen LogP contribution in [0.3, 0.4) is 0 Å². The third-order valence-corrected chi connectivity index (χ3v) is 5.36. The van der Waals surface area contributed by atoms with Crippen molar-refractivity contribution >= 4 is 0 Å². The molecule has 0 bridgehead atoms. The van der Waals surface area contributed by atoms with Gasteiger partial charge in [-0.2, -0.15) is 0 Å². The largest absolute Gasteiger partial charge is 0.486 e. The predicted octanol–water partition coefficient (Wildman–Crippen LogP) is 3.85. The molecule has 1 aliphatic carbocycles. The minimum atomic E-state index is -0.0334. The van der Waals surface area contributed by atoms with Crippen molar-refractivity contribution in [3.8, 4) is 5.75 Å². The number of rotatable bonds is 3. The minimum Gasteiger partial charge on any atom is -0.486 e. The highest BCUT2D eigenvalue weighted by atomic mass is 16.5. The zero-order valence-electron chi connectivity index (χ0n) is 12.1. The van der Waals surface area contributed by atoms with E-state index in [0.29, 0.717) is 5.92 Å². The summed E-state index contributed by atoms with van der Waals surface area (Å²) in [6, 6.07) is 8.61. The molecular weight excluding hydrogens is 234 g/mol. The first kappa shape index (κ1) is 13.0. The average Bonchev–Trinajstić information content (AvgIpc) is 2.75. The first-order chi connectivity index (χ1) is 9.11. The predicted molar refractivity (Wildman–Crippen MR) is 78.5 cm³/mol. The lowest BCUT2D eigenvalue weighted by atomic mass is 9.60. The number of ether oxygens (including phenoxy) is 1. The van der Waals surface area contributed by atoms with E-state index in [-0.39, 0.29) is 11.0 Å². The average molecular weight is 259 g/mol. The van der Waals surface area contributed by atoms with Gasteiger partial charge in [-0.05, 0) is 38.3 Å². The van der Waals surface area contributed by atoms with Gasteiger partial charge in [0.2, 0.25) is 0 Å². The van der Waals surface area contributed by atoms with E-state index < -0.39 is 0 Å². The van der Waals surface area contributed by atoms with Gasteiger partial charge in [-0.25, -0.2) is 0 Å². The summed E-state index contributed by atoms with van der Waals surface area (Å²) >= 11 is 0. The molecule has 0 amide bonds. The first-order valence-electron chi connectivity index (χ1n) is 7.59. The Morgan fingerprint density at radius 3 is 2.89 bits per heavy atom. The summed E-state index contributed by atoms with van der Waals surface area (Å²) in [7, 11) is 0. The zero-order valence-corrected chi connectivity index (χ0v) is 12.1. The summed E-state index contributed by atoms with van der Waals surface area (Å²) in [5, 5.41) is 0. The molecule has 2 atom stereocenters. The van der Waals surface area contributed by atoms with E-state index in [4.69, 9.17) is 10.5 Å². The summed E-state index contributed by atoms with van der Waals surface area (Å²) in [4.78, 5) is 0. The Labute approximate surface area is 116 Å². The van der Waals surface area contributed by atoms with Crippen LogP contribution >= 0.6 is 0 Å². The molecule has 0 aromatic heterocycles. The molecule has 0 saturated heterocycles. The Morgan fingerprint density at radius 1 is 1.32 bits per heavy atom. The smallest absolute Gasteiger partial charge is 0.123 e. The molecule has 3 rings (SSSR count). The van der Waals surface area contributed by atoms with Gasteiger partial charge >= 0.3 is 0 Å². The third kappa shape index (κ3) is 1.80. The second-order valence-electron chi connectivity index (χ2n) is 6.75. The van der Waals surface area contributed by atoms with E-state index in [9.17, 15) is 0 Å². The van der Waals surface area contributed by atoms with Crippen LogP contribution in [0.1, 0.15) is 57.4 Å². The fourth-order valence-electron chi connectivity index (χ4n) is 4.25. The molecule has 1 fully saturated rings. The summed E-state index contributed by atoms with van der Waals surface area (Å²) in [6.07, 6.45) is 6.04. The van der Waals surface area contributed by atoms with Crippen molar-refractivity contribution < 1.29 is 4.74 Å². The van der Waals surface area contributed by atoms with Gasteiger partial charge in [0, 0.05) is 16.9 Å². The number of benzene rings is 1. The number of para-hydroxylation sites is 1. The monoisotopic (exact) mass is 259 g/mol. The van der Waals surface area contributed by atoms with Gasteiger partial charge in [0.05, 0.1) is 0 Å². The van der Waals surface area contributed by atoms with Gasteiger partial charge in [0.15, 0.2) is 0 Å². The number of hydrogen-bond acceptors (Lipinski definition) is 2. The van der Waals surface area contributed by atoms with Crippen LogP contribution in [0.5, 0.6) is 5.75 Å². The molecule has 1 aliphatic heterocycles. The van der Waals surface area contributed by atoms with Crippen LogP contribution < -0.4 is 10.5 Å². The van der Waals surface area contributed by atoms with Crippen LogP contribution in [0.15, 0.2) is 24.3 Å². The van der Waals surface area contributed by atoms with Crippen molar-refractivity contribution in [2.24, 2.45) is 11.1 Å². The van der Waals surface area contributed by atoms with E-state index in [0.717, 1.165) is 18.7 Å². The maximum atomic E-state index is 6.56. The van der Waals surface area contributed by atoms with Crippen molar-refractivity contribution in [3.63, 3.8) is 0 Å². The van der Waals surface area contributed by atoms with E-state index in [1.807, 2.05) is 0 Å². The van der Waals surface area contributed by atoms with E-state index in [2.05, 4.69) is 38.1 Å². The lowest BCUT2D eigenvalue weighted by molar-refractivity contribution is -0.0703. The van der Waals surface area contributed by atoms with E-state index >= 15 is 0 Å². The number of hydrogen-bond donors (Lipinski definition) is 1. The Kier molecular flexibility index (Phi) is 3.09. The van der Waals surface area contributed by atoms with Crippen LogP contribution in [-0.2, 0) is 0 Å². The minimum absolute atomic E-state index is 0.0334. The van der Waals surface area contributed by atoms with Gasteiger partial charge in [0.25, 0.3) is 0 Å². The van der Waals surface area contributed by atoms with Crippen LogP contribution in [0.2, 0.25) is 0 Å². The quantitative estimate of drug-likeness (QED) is 0.895. The molecule has 0 radical (unpaired) electrons. The van der Waals surface area contributed by atoms with Crippen molar-refractivity contribution in [2.45, 2.75) is 57.5 Å². The topological polar surface area (TPSA) is 35.2 Å². The van der Waals surface area contributed by atoms with Crippen LogP contribution in [0.4, 0.5) is 0 Å². The molecule has 2 aliphatic rings.